The fraction of sp³-hybridized carbons (Fsp3) is 0.833. The van der Waals surface area contributed by atoms with Crippen molar-refractivity contribution in [3.63, 3.8) is 0 Å². The molecule has 0 amide bonds. The molecular formula is C24H49NO4P+. The van der Waals surface area contributed by atoms with Crippen molar-refractivity contribution in [1.82, 2.24) is 0 Å². The second kappa shape index (κ2) is 16.2. The van der Waals surface area contributed by atoms with Gasteiger partial charge in [-0.3, -0.25) is 4.57 Å². The van der Waals surface area contributed by atoms with Crippen LogP contribution < -0.4 is 0 Å². The summed E-state index contributed by atoms with van der Waals surface area (Å²) in [5, 5.41) is 8.54. The van der Waals surface area contributed by atoms with Crippen molar-refractivity contribution in [2.24, 2.45) is 0 Å². The van der Waals surface area contributed by atoms with E-state index >= 15 is 0 Å². The second-order valence-corrected chi connectivity index (χ2v) is 11.6. The molecule has 0 aromatic carbocycles. The van der Waals surface area contributed by atoms with Crippen LogP contribution in [-0.4, -0.2) is 52.4 Å². The van der Waals surface area contributed by atoms with Gasteiger partial charge >= 0.3 is 7.60 Å². The maximum absolute atomic E-state index is 11.7. The lowest BCUT2D eigenvalue weighted by molar-refractivity contribution is -0.875. The van der Waals surface area contributed by atoms with Gasteiger partial charge in [0.2, 0.25) is 5.34 Å². The van der Waals surface area contributed by atoms with Crippen molar-refractivity contribution in [1.29, 1.82) is 0 Å². The van der Waals surface area contributed by atoms with Crippen molar-refractivity contribution in [3.05, 3.63) is 24.3 Å². The van der Waals surface area contributed by atoms with Gasteiger partial charge in [-0.2, -0.15) is 0 Å². The van der Waals surface area contributed by atoms with Crippen LogP contribution in [0.4, 0.5) is 0 Å². The Balaban J connectivity index is 3.75. The predicted octanol–water partition coefficient (Wildman–Crippen LogP) is 6.15. The fourth-order valence-corrected chi connectivity index (χ4v) is 4.62. The van der Waals surface area contributed by atoms with Gasteiger partial charge in [-0.25, -0.2) is 0 Å². The highest BCUT2D eigenvalue weighted by Crippen LogP contribution is 2.52. The van der Waals surface area contributed by atoms with Crippen LogP contribution in [0.25, 0.3) is 0 Å². The Hall–Kier alpha value is -0.450. The van der Waals surface area contributed by atoms with Crippen molar-refractivity contribution in [3.8, 4) is 0 Å². The lowest BCUT2D eigenvalue weighted by Crippen LogP contribution is -2.49. The summed E-state index contributed by atoms with van der Waals surface area (Å²) >= 11 is 0. The Morgan fingerprint density at radius 3 is 1.53 bits per heavy atom. The minimum Gasteiger partial charge on any atom is -0.373 e. The Morgan fingerprint density at radius 2 is 1.13 bits per heavy atom. The number of allylic oxidation sites excluding steroid dienone is 4. The van der Waals surface area contributed by atoms with Gasteiger partial charge in [0.25, 0.3) is 0 Å². The van der Waals surface area contributed by atoms with Gasteiger partial charge < -0.3 is 19.4 Å². The zero-order valence-corrected chi connectivity index (χ0v) is 21.0. The predicted molar refractivity (Wildman–Crippen MR) is 128 cm³/mol. The molecular weight excluding hydrogens is 397 g/mol. The topological polar surface area (TPSA) is 77.8 Å². The number of hydrogen-bond donors (Lipinski definition) is 3. The number of quaternary nitrogens is 1. The van der Waals surface area contributed by atoms with Gasteiger partial charge in [-0.1, -0.05) is 76.2 Å². The maximum Gasteiger partial charge on any atom is 0.362 e. The zero-order valence-electron chi connectivity index (χ0n) is 20.1. The third-order valence-electron chi connectivity index (χ3n) is 5.28. The van der Waals surface area contributed by atoms with Gasteiger partial charge in [0.15, 0.2) is 0 Å². The summed E-state index contributed by atoms with van der Waals surface area (Å²) < 4.78 is 12.0. The molecule has 5 nitrogen and oxygen atoms in total. The molecule has 6 heteroatoms. The molecule has 0 rings (SSSR count). The standard InChI is InChI=1S/C24H48NO4P/c1-5-6-7-8-9-10-11-12-13-14-15-16-17-18-19-20-21-22-24(26,30(27,28)29)23-25(2,3)4/h8-9,19-20,26H,5-7,10-18,21-23H2,1-4H3,(H-,27,28,29)/p+1/b9-8-,20-19-. The zero-order chi connectivity index (χ0) is 22.9. The van der Waals surface area contributed by atoms with Crippen LogP contribution in [0.3, 0.4) is 0 Å². The van der Waals surface area contributed by atoms with Gasteiger partial charge in [0.05, 0.1) is 21.1 Å². The molecule has 0 bridgehead atoms. The Morgan fingerprint density at radius 1 is 0.733 bits per heavy atom. The number of hydrogen-bond acceptors (Lipinski definition) is 2. The summed E-state index contributed by atoms with van der Waals surface area (Å²) in [6.45, 7) is 2.26. The number of rotatable bonds is 19. The van der Waals surface area contributed by atoms with E-state index in [4.69, 9.17) is 0 Å². The molecule has 0 radical (unpaired) electrons. The van der Waals surface area contributed by atoms with Crippen molar-refractivity contribution >= 4 is 7.60 Å². The van der Waals surface area contributed by atoms with E-state index in [2.05, 4.69) is 25.2 Å². The lowest BCUT2D eigenvalue weighted by atomic mass is 10.1. The van der Waals surface area contributed by atoms with Crippen molar-refractivity contribution in [2.75, 3.05) is 27.7 Å². The SMILES string of the molecule is CCCC/C=C\CCCCCCCCC/C=C\CCC(O)(C[N+](C)(C)C)P(=O)(O)O. The Kier molecular flexibility index (Phi) is 16.0. The monoisotopic (exact) mass is 446 g/mol. The molecule has 0 aliphatic carbocycles. The average molecular weight is 447 g/mol. The maximum atomic E-state index is 11.7. The molecule has 0 aliphatic rings. The number of nitrogens with zero attached hydrogens (tertiary/aromatic N) is 1. The first-order valence-corrected chi connectivity index (χ1v) is 13.5. The molecule has 0 spiro atoms. The first-order valence-electron chi connectivity index (χ1n) is 11.9. The molecule has 0 aromatic heterocycles. The summed E-state index contributed by atoms with van der Waals surface area (Å²) in [5.74, 6) is 0. The molecule has 0 aromatic rings. The van der Waals surface area contributed by atoms with Crippen LogP contribution in [0.1, 0.15) is 96.8 Å². The molecule has 0 saturated heterocycles. The molecule has 1 unspecified atom stereocenters. The van der Waals surface area contributed by atoms with Crippen molar-refractivity contribution < 1.29 is 23.9 Å². The normalized spacial score (nSPS) is 15.3. The van der Waals surface area contributed by atoms with Crippen LogP contribution in [0.5, 0.6) is 0 Å². The summed E-state index contributed by atoms with van der Waals surface area (Å²) in [6, 6.07) is 0. The van der Waals surface area contributed by atoms with Crippen LogP contribution >= 0.6 is 7.60 Å². The highest BCUT2D eigenvalue weighted by molar-refractivity contribution is 7.53. The summed E-state index contributed by atoms with van der Waals surface area (Å²) in [6.07, 6.45) is 24.2. The first kappa shape index (κ1) is 29.5. The third-order valence-corrected chi connectivity index (χ3v) is 6.73. The van der Waals surface area contributed by atoms with Gasteiger partial charge in [-0.05, 0) is 44.9 Å². The van der Waals surface area contributed by atoms with Crippen LogP contribution in [0, 0.1) is 0 Å². The summed E-state index contributed by atoms with van der Waals surface area (Å²) in [7, 11) is 0.892. The fourth-order valence-electron chi connectivity index (χ4n) is 3.59. The Labute approximate surface area is 186 Å². The molecule has 0 aliphatic heterocycles. The van der Waals surface area contributed by atoms with Crippen LogP contribution in [-0.2, 0) is 4.57 Å². The van der Waals surface area contributed by atoms with Gasteiger partial charge in [0, 0.05) is 0 Å². The van der Waals surface area contributed by atoms with E-state index in [1.165, 1.54) is 64.2 Å². The average Bonchev–Trinajstić information content (AvgIpc) is 2.62. The van der Waals surface area contributed by atoms with E-state index in [1.807, 2.05) is 27.2 Å². The summed E-state index contributed by atoms with van der Waals surface area (Å²) in [5.41, 5.74) is 0. The highest BCUT2D eigenvalue weighted by Gasteiger charge is 2.48. The van der Waals surface area contributed by atoms with E-state index in [1.54, 1.807) is 0 Å². The molecule has 0 saturated carbocycles. The molecule has 0 heterocycles. The number of aliphatic hydroxyl groups is 1. The number of unbranched alkanes of at least 4 members (excludes halogenated alkanes) is 10. The number of likely N-dealkylation sites (N-methyl/N-ethyl adjacent to an activating group) is 1. The summed E-state index contributed by atoms with van der Waals surface area (Å²) in [4.78, 5) is 19.1. The molecule has 30 heavy (non-hydrogen) atoms. The van der Waals surface area contributed by atoms with E-state index in [-0.39, 0.29) is 13.0 Å². The second-order valence-electron chi connectivity index (χ2n) is 9.65. The quantitative estimate of drug-likeness (QED) is 0.0962. The van der Waals surface area contributed by atoms with E-state index in [0.717, 1.165) is 12.8 Å². The van der Waals surface area contributed by atoms with E-state index < -0.39 is 12.9 Å². The van der Waals surface area contributed by atoms with Crippen LogP contribution in [0.2, 0.25) is 0 Å². The smallest absolute Gasteiger partial charge is 0.362 e. The minimum atomic E-state index is -4.57. The van der Waals surface area contributed by atoms with Gasteiger partial charge in [0.1, 0.15) is 6.54 Å². The van der Waals surface area contributed by atoms with Gasteiger partial charge in [-0.15, -0.1) is 0 Å². The molecule has 178 valence electrons. The van der Waals surface area contributed by atoms with E-state index in [9.17, 15) is 19.5 Å². The highest BCUT2D eigenvalue weighted by atomic mass is 31.2. The largest absolute Gasteiger partial charge is 0.373 e. The molecule has 0 fully saturated rings. The van der Waals surface area contributed by atoms with E-state index in [0.29, 0.717) is 10.9 Å². The third kappa shape index (κ3) is 16.3. The van der Waals surface area contributed by atoms with Crippen molar-refractivity contribution in [2.45, 2.75) is 102 Å². The molecule has 1 atom stereocenters. The van der Waals surface area contributed by atoms with Crippen LogP contribution in [0.15, 0.2) is 24.3 Å². The Bertz CT molecular complexity index is 522. The minimum absolute atomic E-state index is 0.0280. The first-order chi connectivity index (χ1) is 14.0. The lowest BCUT2D eigenvalue weighted by Gasteiger charge is -2.35. The molecule has 3 N–H and O–H groups in total.